The molecule has 1 saturated heterocycles. The highest BCUT2D eigenvalue weighted by Gasteiger charge is 2.44. The Balaban J connectivity index is 2.07. The van der Waals surface area contributed by atoms with E-state index in [4.69, 9.17) is 0 Å². The minimum absolute atomic E-state index is 0.604. The minimum Gasteiger partial charge on any atom is -0.0693 e. The third-order valence-electron chi connectivity index (χ3n) is 3.20. The summed E-state index contributed by atoms with van der Waals surface area (Å²) in [6, 6.07) is 3.30. The molecule has 2 aliphatic rings. The fourth-order valence-corrected chi connectivity index (χ4v) is 6.76. The van der Waals surface area contributed by atoms with E-state index in [0.29, 0.717) is 0 Å². The standard InChI is InChI=1S/C8H16Si/c1-9(2)5-7-3-4-8(7)6-9/h7-8H,3-6H2,1-2H3/t7-,8+. The monoisotopic (exact) mass is 140 g/mol. The largest absolute Gasteiger partial charge is 0.0693 e. The van der Waals surface area contributed by atoms with Crippen LogP contribution < -0.4 is 0 Å². The smallest absolute Gasteiger partial charge is 0.0479 e. The maximum absolute atomic E-state index is 2.56. The van der Waals surface area contributed by atoms with E-state index < -0.39 is 8.07 Å². The maximum atomic E-state index is 2.56. The lowest BCUT2D eigenvalue weighted by Gasteiger charge is -2.29. The molecular formula is C8H16Si. The van der Waals surface area contributed by atoms with Crippen LogP contribution in [0.25, 0.3) is 0 Å². The second-order valence-corrected chi connectivity index (χ2v) is 9.81. The van der Waals surface area contributed by atoms with Crippen molar-refractivity contribution in [1.82, 2.24) is 0 Å². The molecule has 0 bridgehead atoms. The molecule has 52 valence electrons. The lowest BCUT2D eigenvalue weighted by molar-refractivity contribution is 0.238. The number of fused-ring (bicyclic) bond motifs is 1. The number of hydrogen-bond donors (Lipinski definition) is 0. The Hall–Kier alpha value is 0.217. The molecule has 1 heterocycles. The van der Waals surface area contributed by atoms with Crippen LogP contribution in [0.2, 0.25) is 25.2 Å². The molecule has 0 aromatic rings. The van der Waals surface area contributed by atoms with Crippen LogP contribution in [0.1, 0.15) is 12.8 Å². The van der Waals surface area contributed by atoms with Crippen LogP contribution in [0.15, 0.2) is 0 Å². The molecule has 2 rings (SSSR count). The lowest BCUT2D eigenvalue weighted by atomic mass is 9.77. The minimum atomic E-state index is -0.604. The summed E-state index contributed by atoms with van der Waals surface area (Å²) in [5, 5.41) is 0. The van der Waals surface area contributed by atoms with E-state index in [-0.39, 0.29) is 0 Å². The Morgan fingerprint density at radius 3 is 1.67 bits per heavy atom. The highest BCUT2D eigenvalue weighted by molar-refractivity contribution is 6.78. The first-order valence-corrected chi connectivity index (χ1v) is 7.59. The maximum Gasteiger partial charge on any atom is 0.0479 e. The zero-order chi connectivity index (χ0) is 6.48. The number of hydrogen-bond acceptors (Lipinski definition) is 0. The molecule has 1 saturated carbocycles. The molecule has 0 spiro atoms. The van der Waals surface area contributed by atoms with Crippen molar-refractivity contribution < 1.29 is 0 Å². The zero-order valence-electron chi connectivity index (χ0n) is 6.48. The molecule has 0 aromatic heterocycles. The Kier molecular flexibility index (Phi) is 1.08. The van der Waals surface area contributed by atoms with Crippen molar-refractivity contribution in [3.8, 4) is 0 Å². The highest BCUT2D eigenvalue weighted by atomic mass is 28.3. The second-order valence-electron chi connectivity index (χ2n) is 4.67. The van der Waals surface area contributed by atoms with Crippen LogP contribution in [-0.4, -0.2) is 8.07 Å². The van der Waals surface area contributed by atoms with Gasteiger partial charge in [0.05, 0.1) is 0 Å². The van der Waals surface area contributed by atoms with Crippen molar-refractivity contribution >= 4 is 8.07 Å². The Labute approximate surface area is 58.7 Å². The van der Waals surface area contributed by atoms with E-state index in [9.17, 15) is 0 Å². The van der Waals surface area contributed by atoms with Gasteiger partial charge in [0, 0.05) is 8.07 Å². The first-order valence-electron chi connectivity index (χ1n) is 4.17. The predicted octanol–water partition coefficient (Wildman–Crippen LogP) is 2.73. The first-order chi connectivity index (χ1) is 4.17. The summed E-state index contributed by atoms with van der Waals surface area (Å²) in [7, 11) is -0.604. The van der Waals surface area contributed by atoms with Gasteiger partial charge in [0.25, 0.3) is 0 Å². The van der Waals surface area contributed by atoms with Crippen molar-refractivity contribution in [2.75, 3.05) is 0 Å². The molecule has 2 fully saturated rings. The van der Waals surface area contributed by atoms with Crippen LogP contribution in [0.3, 0.4) is 0 Å². The molecular weight excluding hydrogens is 124 g/mol. The molecule has 0 nitrogen and oxygen atoms in total. The van der Waals surface area contributed by atoms with Crippen molar-refractivity contribution in [1.29, 1.82) is 0 Å². The summed E-state index contributed by atoms with van der Waals surface area (Å²) in [5.41, 5.74) is 0. The summed E-state index contributed by atoms with van der Waals surface area (Å²) in [4.78, 5) is 0. The predicted molar refractivity (Wildman–Crippen MR) is 43.3 cm³/mol. The van der Waals surface area contributed by atoms with Gasteiger partial charge in [-0.1, -0.05) is 38.0 Å². The molecule has 2 atom stereocenters. The van der Waals surface area contributed by atoms with Gasteiger partial charge >= 0.3 is 0 Å². The van der Waals surface area contributed by atoms with Crippen LogP contribution in [0, 0.1) is 11.8 Å². The molecule has 9 heavy (non-hydrogen) atoms. The van der Waals surface area contributed by atoms with Crippen molar-refractivity contribution in [2.45, 2.75) is 38.0 Å². The summed E-state index contributed by atoms with van der Waals surface area (Å²) < 4.78 is 0. The van der Waals surface area contributed by atoms with Gasteiger partial charge < -0.3 is 0 Å². The van der Waals surface area contributed by atoms with E-state index in [1.54, 1.807) is 24.9 Å². The summed E-state index contributed by atoms with van der Waals surface area (Å²) in [5.74, 6) is 2.40. The van der Waals surface area contributed by atoms with Gasteiger partial charge in [0.15, 0.2) is 0 Å². The van der Waals surface area contributed by atoms with Gasteiger partial charge in [-0.15, -0.1) is 0 Å². The molecule has 0 amide bonds. The average molecular weight is 140 g/mol. The molecule has 1 heteroatoms. The fraction of sp³-hybridized carbons (Fsp3) is 1.00. The topological polar surface area (TPSA) is 0 Å². The van der Waals surface area contributed by atoms with Gasteiger partial charge in [-0.25, -0.2) is 0 Å². The van der Waals surface area contributed by atoms with Gasteiger partial charge in [-0.2, -0.15) is 0 Å². The molecule has 0 aromatic carbocycles. The molecule has 0 radical (unpaired) electrons. The third-order valence-corrected chi connectivity index (χ3v) is 6.46. The van der Waals surface area contributed by atoms with E-state index >= 15 is 0 Å². The van der Waals surface area contributed by atoms with Crippen LogP contribution in [0.4, 0.5) is 0 Å². The average Bonchev–Trinajstić information content (AvgIpc) is 1.90. The Bertz CT molecular complexity index is 115. The van der Waals surface area contributed by atoms with Crippen LogP contribution in [0.5, 0.6) is 0 Å². The van der Waals surface area contributed by atoms with E-state index in [2.05, 4.69) is 13.1 Å². The number of rotatable bonds is 0. The SMILES string of the molecule is C[Si]1(C)C[C@H]2CC[C@H]2C1. The van der Waals surface area contributed by atoms with Crippen LogP contribution >= 0.6 is 0 Å². The fourth-order valence-electron chi connectivity index (χ4n) is 2.68. The van der Waals surface area contributed by atoms with E-state index in [1.807, 2.05) is 0 Å². The van der Waals surface area contributed by atoms with Crippen LogP contribution in [-0.2, 0) is 0 Å². The van der Waals surface area contributed by atoms with Gasteiger partial charge in [-0.05, 0) is 11.8 Å². The molecule has 1 aliphatic heterocycles. The summed E-state index contributed by atoms with van der Waals surface area (Å²) >= 11 is 0. The van der Waals surface area contributed by atoms with Gasteiger partial charge in [-0.3, -0.25) is 0 Å². The second kappa shape index (κ2) is 1.63. The van der Waals surface area contributed by atoms with E-state index in [0.717, 1.165) is 0 Å². The summed E-state index contributed by atoms with van der Waals surface area (Å²) in [6.45, 7) is 5.12. The zero-order valence-corrected chi connectivity index (χ0v) is 7.48. The third kappa shape index (κ3) is 0.860. The molecule has 1 aliphatic carbocycles. The lowest BCUT2D eigenvalue weighted by Crippen LogP contribution is -2.19. The highest BCUT2D eigenvalue weighted by Crippen LogP contribution is 2.51. The molecule has 0 N–H and O–H groups in total. The van der Waals surface area contributed by atoms with Gasteiger partial charge in [0.2, 0.25) is 0 Å². The normalized spacial score (nSPS) is 46.0. The van der Waals surface area contributed by atoms with Crippen molar-refractivity contribution in [3.05, 3.63) is 0 Å². The van der Waals surface area contributed by atoms with Crippen molar-refractivity contribution in [2.24, 2.45) is 11.8 Å². The first kappa shape index (κ1) is 5.96. The Morgan fingerprint density at radius 1 is 1.00 bits per heavy atom. The van der Waals surface area contributed by atoms with E-state index in [1.165, 1.54) is 11.8 Å². The Morgan fingerprint density at radius 2 is 1.44 bits per heavy atom. The molecule has 0 unspecified atom stereocenters. The van der Waals surface area contributed by atoms with Gasteiger partial charge in [0.1, 0.15) is 0 Å². The quantitative estimate of drug-likeness (QED) is 0.454. The van der Waals surface area contributed by atoms with Crippen molar-refractivity contribution in [3.63, 3.8) is 0 Å². The summed E-state index contributed by atoms with van der Waals surface area (Å²) in [6.07, 6.45) is 3.14.